The van der Waals surface area contributed by atoms with Gasteiger partial charge in [0, 0.05) is 0 Å². The summed E-state index contributed by atoms with van der Waals surface area (Å²) in [6, 6.07) is 0. The molecule has 0 spiro atoms. The zero-order chi connectivity index (χ0) is 9.94. The second kappa shape index (κ2) is 10.6. The van der Waals surface area contributed by atoms with Gasteiger partial charge < -0.3 is 0 Å². The second-order valence-corrected chi connectivity index (χ2v) is 12.3. The van der Waals surface area contributed by atoms with Crippen LogP contribution < -0.4 is 0 Å². The van der Waals surface area contributed by atoms with E-state index in [0.29, 0.717) is 0 Å². The Morgan fingerprint density at radius 1 is 1.00 bits per heavy atom. The number of hydrogen-bond acceptors (Lipinski definition) is 0. The summed E-state index contributed by atoms with van der Waals surface area (Å²) in [6.07, 6.45) is 9.18. The first-order chi connectivity index (χ1) is 6.35. The maximum atomic E-state index is 3.82. The fourth-order valence-electron chi connectivity index (χ4n) is 1.53. The molecule has 0 fully saturated rings. The van der Waals surface area contributed by atoms with Crippen LogP contribution in [0.2, 0.25) is 13.3 Å². The zero-order valence-electron chi connectivity index (χ0n) is 9.44. The normalized spacial score (nSPS) is 10.0. The number of allylic oxidation sites excluding steroid dienone is 1. The number of unbranched alkanes of at least 4 members (excludes halogenated alkanes) is 2. The molecule has 0 atom stereocenters. The van der Waals surface area contributed by atoms with Crippen LogP contribution in [0.5, 0.6) is 0 Å². The Hall–Kier alpha value is 0.539. The first kappa shape index (κ1) is 13.5. The maximum absolute atomic E-state index is 3.82. The first-order valence-corrected chi connectivity index (χ1v) is 11.8. The van der Waals surface area contributed by atoms with Crippen LogP contribution in [0.4, 0.5) is 0 Å². The van der Waals surface area contributed by atoms with Crippen molar-refractivity contribution < 1.29 is 0 Å². The summed E-state index contributed by atoms with van der Waals surface area (Å²) in [7, 11) is 0. The van der Waals surface area contributed by atoms with E-state index in [2.05, 4.69) is 26.5 Å². The quantitative estimate of drug-likeness (QED) is 0.427. The first-order valence-electron chi connectivity index (χ1n) is 5.79. The van der Waals surface area contributed by atoms with Gasteiger partial charge in [0.2, 0.25) is 0 Å². The third kappa shape index (κ3) is 8.86. The van der Waals surface area contributed by atoms with E-state index in [0.717, 1.165) is 0 Å². The molecular weight excluding hydrogens is 263 g/mol. The van der Waals surface area contributed by atoms with Gasteiger partial charge in [-0.05, 0) is 0 Å². The summed E-state index contributed by atoms with van der Waals surface area (Å²) in [5.41, 5.74) is 0. The summed E-state index contributed by atoms with van der Waals surface area (Å²) in [5, 5.41) is 0. The molecule has 0 nitrogen and oxygen atoms in total. The van der Waals surface area contributed by atoms with E-state index in [1.807, 2.05) is 0 Å². The molecule has 0 bridgehead atoms. The van der Waals surface area contributed by atoms with E-state index < -0.39 is 19.8 Å². The van der Waals surface area contributed by atoms with Gasteiger partial charge in [-0.1, -0.05) is 0 Å². The molecule has 0 radical (unpaired) electrons. The molecule has 0 saturated heterocycles. The third-order valence-corrected chi connectivity index (χ3v) is 11.4. The Morgan fingerprint density at radius 3 is 1.92 bits per heavy atom. The Kier molecular flexibility index (Phi) is 11.1. The van der Waals surface area contributed by atoms with Crippen molar-refractivity contribution in [1.82, 2.24) is 0 Å². The van der Waals surface area contributed by atoms with E-state index in [9.17, 15) is 0 Å². The molecule has 0 unspecified atom stereocenters. The van der Waals surface area contributed by atoms with Crippen molar-refractivity contribution in [2.24, 2.45) is 0 Å². The van der Waals surface area contributed by atoms with Crippen LogP contribution in [0.1, 0.15) is 46.0 Å². The van der Waals surface area contributed by atoms with Crippen molar-refractivity contribution in [1.29, 1.82) is 0 Å². The molecule has 0 saturated carbocycles. The molecule has 0 aromatic rings. The van der Waals surface area contributed by atoms with Gasteiger partial charge in [-0.2, -0.15) is 0 Å². The molecule has 76 valence electrons. The molecular formula is C12H25Sn+. The van der Waals surface area contributed by atoms with Crippen molar-refractivity contribution in [3.63, 3.8) is 0 Å². The fourth-order valence-corrected chi connectivity index (χ4v) is 10.3. The molecule has 0 rings (SSSR count). The van der Waals surface area contributed by atoms with Gasteiger partial charge in [-0.25, -0.2) is 0 Å². The molecule has 1 heteroatoms. The summed E-state index contributed by atoms with van der Waals surface area (Å²) in [4.78, 5) is 0. The van der Waals surface area contributed by atoms with Crippen LogP contribution in [0.15, 0.2) is 12.7 Å². The summed E-state index contributed by atoms with van der Waals surface area (Å²) in [5.74, 6) is 0. The second-order valence-electron chi connectivity index (χ2n) is 3.78. The molecule has 0 N–H and O–H groups in total. The van der Waals surface area contributed by atoms with Crippen molar-refractivity contribution in [3.8, 4) is 0 Å². The van der Waals surface area contributed by atoms with Crippen molar-refractivity contribution >= 4 is 19.8 Å². The molecule has 0 heterocycles. The van der Waals surface area contributed by atoms with Crippen LogP contribution >= 0.6 is 0 Å². The predicted molar refractivity (Wildman–Crippen MR) is 64.8 cm³/mol. The van der Waals surface area contributed by atoms with Crippen LogP contribution in [0, 0.1) is 0 Å². The summed E-state index contributed by atoms with van der Waals surface area (Å²) >= 11 is -0.911. The summed E-state index contributed by atoms with van der Waals surface area (Å²) in [6.45, 7) is 8.45. The van der Waals surface area contributed by atoms with Gasteiger partial charge in [0.25, 0.3) is 0 Å². The van der Waals surface area contributed by atoms with Crippen LogP contribution in [-0.4, -0.2) is 19.8 Å². The van der Waals surface area contributed by atoms with Crippen LogP contribution in [0.3, 0.4) is 0 Å². The summed E-state index contributed by atoms with van der Waals surface area (Å²) < 4.78 is 4.82. The van der Waals surface area contributed by atoms with Gasteiger partial charge in [-0.3, -0.25) is 0 Å². The average molecular weight is 288 g/mol. The van der Waals surface area contributed by atoms with Gasteiger partial charge in [0.1, 0.15) is 0 Å². The zero-order valence-corrected chi connectivity index (χ0v) is 12.3. The molecule has 0 aromatic carbocycles. The van der Waals surface area contributed by atoms with Crippen molar-refractivity contribution in [2.75, 3.05) is 0 Å². The van der Waals surface area contributed by atoms with Gasteiger partial charge >= 0.3 is 91.7 Å². The predicted octanol–water partition coefficient (Wildman–Crippen LogP) is 4.66. The molecule has 0 amide bonds. The van der Waals surface area contributed by atoms with Gasteiger partial charge in [0.05, 0.1) is 0 Å². The van der Waals surface area contributed by atoms with Crippen molar-refractivity contribution in [2.45, 2.75) is 59.3 Å². The van der Waals surface area contributed by atoms with Crippen LogP contribution in [0.25, 0.3) is 0 Å². The average Bonchev–Trinajstić information content (AvgIpc) is 2.17. The Bertz CT molecular complexity index is 102. The van der Waals surface area contributed by atoms with E-state index in [1.165, 1.54) is 32.1 Å². The Balaban J connectivity index is 3.52. The van der Waals surface area contributed by atoms with Crippen LogP contribution in [-0.2, 0) is 0 Å². The van der Waals surface area contributed by atoms with Gasteiger partial charge in [0.15, 0.2) is 0 Å². The Labute approximate surface area is 91.5 Å². The van der Waals surface area contributed by atoms with E-state index >= 15 is 0 Å². The van der Waals surface area contributed by atoms with E-state index in [1.54, 1.807) is 13.3 Å². The Morgan fingerprint density at radius 2 is 1.54 bits per heavy atom. The van der Waals surface area contributed by atoms with E-state index in [4.69, 9.17) is 0 Å². The molecule has 13 heavy (non-hydrogen) atoms. The third-order valence-electron chi connectivity index (χ3n) is 2.47. The SMILES string of the molecule is C=CC[CH2][Sn+]([CH2]CCC)[CH2]CCC. The van der Waals surface area contributed by atoms with Gasteiger partial charge in [-0.15, -0.1) is 0 Å². The van der Waals surface area contributed by atoms with Crippen molar-refractivity contribution in [3.05, 3.63) is 12.7 Å². The topological polar surface area (TPSA) is 0 Å². The monoisotopic (exact) mass is 289 g/mol. The minimum absolute atomic E-state index is 0.911. The molecule has 0 aliphatic carbocycles. The standard InChI is InChI=1S/2C4H9.C4H7.Sn/c3*1-3-4-2;/h2*1,3-4H2,2H3;3H,1-2,4H2;/q;;;+1. The molecule has 0 aromatic heterocycles. The molecule has 0 aliphatic heterocycles. The minimum atomic E-state index is -0.911. The van der Waals surface area contributed by atoms with E-state index in [-0.39, 0.29) is 0 Å². The number of rotatable bonds is 9. The number of hydrogen-bond donors (Lipinski definition) is 0. The fraction of sp³-hybridized carbons (Fsp3) is 0.833. The molecule has 0 aliphatic rings.